The Balaban J connectivity index is 2.11. The van der Waals surface area contributed by atoms with Crippen molar-refractivity contribution >= 4 is 0 Å². The van der Waals surface area contributed by atoms with Crippen LogP contribution >= 0.6 is 0 Å². The Bertz CT molecular complexity index is 811. The van der Waals surface area contributed by atoms with Crippen LogP contribution in [-0.2, 0) is 0 Å². The molecule has 0 radical (unpaired) electrons. The van der Waals surface area contributed by atoms with E-state index in [2.05, 4.69) is 15.2 Å². The molecular formula is C13H8F2N4O. The molecular weight excluding hydrogens is 266 g/mol. The lowest BCUT2D eigenvalue weighted by molar-refractivity contribution is 0.596. The van der Waals surface area contributed by atoms with Crippen LogP contribution in [0.3, 0.4) is 0 Å². The summed E-state index contributed by atoms with van der Waals surface area (Å²) in [6, 6.07) is 5.14. The lowest BCUT2D eigenvalue weighted by Crippen LogP contribution is -2.06. The minimum absolute atomic E-state index is 0.0348. The van der Waals surface area contributed by atoms with Gasteiger partial charge >= 0.3 is 0 Å². The normalized spacial score (nSPS) is 10.7. The van der Waals surface area contributed by atoms with Gasteiger partial charge in [-0.25, -0.2) is 8.78 Å². The van der Waals surface area contributed by atoms with Crippen molar-refractivity contribution in [1.82, 2.24) is 20.0 Å². The molecule has 3 aromatic rings. The van der Waals surface area contributed by atoms with Crippen molar-refractivity contribution in [2.24, 2.45) is 0 Å². The van der Waals surface area contributed by atoms with Crippen LogP contribution in [0.25, 0.3) is 16.8 Å². The molecule has 3 rings (SSSR count). The van der Waals surface area contributed by atoms with Gasteiger partial charge in [0.1, 0.15) is 11.5 Å². The lowest BCUT2D eigenvalue weighted by atomic mass is 10.1. The number of aromatic nitrogens is 4. The molecule has 0 bridgehead atoms. The number of nitrogens with one attached hydrogen (secondary N) is 1. The zero-order chi connectivity index (χ0) is 14.1. The smallest absolute Gasteiger partial charge is 0.248 e. The molecule has 0 saturated heterocycles. The third-order valence-corrected chi connectivity index (χ3v) is 2.77. The van der Waals surface area contributed by atoms with Crippen LogP contribution in [-0.4, -0.2) is 20.0 Å². The van der Waals surface area contributed by atoms with Crippen LogP contribution < -0.4 is 5.56 Å². The third kappa shape index (κ3) is 2.09. The van der Waals surface area contributed by atoms with E-state index in [1.54, 1.807) is 0 Å². The molecule has 0 amide bonds. The minimum atomic E-state index is -0.631. The largest absolute Gasteiger partial charge is 0.326 e. The molecule has 5 nitrogen and oxygen atoms in total. The number of benzene rings is 1. The van der Waals surface area contributed by atoms with E-state index >= 15 is 0 Å². The van der Waals surface area contributed by atoms with Gasteiger partial charge in [-0.3, -0.25) is 4.79 Å². The van der Waals surface area contributed by atoms with Gasteiger partial charge in [0.15, 0.2) is 5.82 Å². The number of rotatable bonds is 2. The summed E-state index contributed by atoms with van der Waals surface area (Å²) in [4.78, 5) is 14.5. The SMILES string of the molecule is O=c1cc(-c2ccc(-n3nccn3)c(F)c2)c(F)c[nH]1. The Morgan fingerprint density at radius 2 is 1.80 bits per heavy atom. The molecule has 0 saturated carbocycles. The summed E-state index contributed by atoms with van der Waals surface area (Å²) < 4.78 is 27.7. The maximum Gasteiger partial charge on any atom is 0.248 e. The summed E-state index contributed by atoms with van der Waals surface area (Å²) in [7, 11) is 0. The number of hydrogen-bond acceptors (Lipinski definition) is 3. The van der Waals surface area contributed by atoms with Crippen LogP contribution in [0.1, 0.15) is 0 Å². The molecule has 0 aliphatic heterocycles. The van der Waals surface area contributed by atoms with Crippen LogP contribution in [0.15, 0.2) is 47.7 Å². The Labute approximate surface area is 111 Å². The zero-order valence-corrected chi connectivity index (χ0v) is 10.0. The molecule has 0 atom stereocenters. The second kappa shape index (κ2) is 4.69. The monoisotopic (exact) mass is 274 g/mol. The van der Waals surface area contributed by atoms with E-state index in [1.807, 2.05) is 0 Å². The first-order valence-electron chi connectivity index (χ1n) is 5.70. The summed E-state index contributed by atoms with van der Waals surface area (Å²) in [5.41, 5.74) is -0.0155. The second-order valence-corrected chi connectivity index (χ2v) is 4.04. The molecule has 2 aromatic heterocycles. The number of halogens is 2. The van der Waals surface area contributed by atoms with Crippen molar-refractivity contribution in [3.63, 3.8) is 0 Å². The van der Waals surface area contributed by atoms with Crippen LogP contribution in [0.2, 0.25) is 0 Å². The van der Waals surface area contributed by atoms with Gasteiger partial charge in [0.2, 0.25) is 5.56 Å². The third-order valence-electron chi connectivity index (χ3n) is 2.77. The molecule has 1 N–H and O–H groups in total. The first-order chi connectivity index (χ1) is 9.65. The maximum absolute atomic E-state index is 14.0. The molecule has 7 heteroatoms. The van der Waals surface area contributed by atoms with Crippen molar-refractivity contribution in [2.75, 3.05) is 0 Å². The number of nitrogens with zero attached hydrogens (tertiary/aromatic N) is 3. The fraction of sp³-hybridized carbons (Fsp3) is 0. The topological polar surface area (TPSA) is 63.6 Å². The molecule has 0 aliphatic rings. The zero-order valence-electron chi connectivity index (χ0n) is 10.0. The molecule has 0 unspecified atom stereocenters. The molecule has 20 heavy (non-hydrogen) atoms. The van der Waals surface area contributed by atoms with Crippen molar-refractivity contribution in [3.8, 4) is 16.8 Å². The van der Waals surface area contributed by atoms with Crippen molar-refractivity contribution in [3.05, 3.63) is 64.8 Å². The second-order valence-electron chi connectivity index (χ2n) is 4.04. The number of aromatic amines is 1. The quantitative estimate of drug-likeness (QED) is 0.776. The van der Waals surface area contributed by atoms with Gasteiger partial charge in [0.05, 0.1) is 12.4 Å². The summed E-state index contributed by atoms with van der Waals surface area (Å²) in [5, 5.41) is 7.64. The lowest BCUT2D eigenvalue weighted by Gasteiger charge is -2.06. The standard InChI is InChI=1S/C13H8F2N4O/c14-10-5-8(9-6-13(20)16-7-11(9)15)1-2-12(10)19-17-3-4-18-19/h1-7H,(H,16,20). The van der Waals surface area contributed by atoms with E-state index in [0.29, 0.717) is 0 Å². The molecule has 100 valence electrons. The molecule has 0 spiro atoms. The number of hydrogen-bond donors (Lipinski definition) is 1. The maximum atomic E-state index is 14.0. The minimum Gasteiger partial charge on any atom is -0.326 e. The van der Waals surface area contributed by atoms with E-state index < -0.39 is 17.2 Å². The fourth-order valence-electron chi connectivity index (χ4n) is 1.85. The van der Waals surface area contributed by atoms with Gasteiger partial charge in [-0.15, -0.1) is 4.80 Å². The Morgan fingerprint density at radius 3 is 2.50 bits per heavy atom. The van der Waals surface area contributed by atoms with Gasteiger partial charge in [-0.1, -0.05) is 6.07 Å². The van der Waals surface area contributed by atoms with Crippen LogP contribution in [0, 0.1) is 11.6 Å². The van der Waals surface area contributed by atoms with E-state index in [9.17, 15) is 13.6 Å². The molecule has 1 aromatic carbocycles. The van der Waals surface area contributed by atoms with Gasteiger partial charge in [-0.2, -0.15) is 10.2 Å². The average molecular weight is 274 g/mol. The van der Waals surface area contributed by atoms with Gasteiger partial charge in [0, 0.05) is 17.8 Å². The number of pyridine rings is 1. The van der Waals surface area contributed by atoms with E-state index in [-0.39, 0.29) is 16.8 Å². The first-order valence-corrected chi connectivity index (χ1v) is 5.70. The highest BCUT2D eigenvalue weighted by atomic mass is 19.1. The fourth-order valence-corrected chi connectivity index (χ4v) is 1.85. The Kier molecular flexibility index (Phi) is 2.86. The van der Waals surface area contributed by atoms with Crippen molar-refractivity contribution in [1.29, 1.82) is 0 Å². The van der Waals surface area contributed by atoms with Crippen LogP contribution in [0.4, 0.5) is 8.78 Å². The van der Waals surface area contributed by atoms with Crippen molar-refractivity contribution < 1.29 is 8.78 Å². The van der Waals surface area contributed by atoms with E-state index in [1.165, 1.54) is 24.5 Å². The first kappa shape index (κ1) is 12.2. The summed E-state index contributed by atoms with van der Waals surface area (Å²) in [6.07, 6.45) is 3.78. The van der Waals surface area contributed by atoms with E-state index in [0.717, 1.165) is 23.1 Å². The van der Waals surface area contributed by atoms with Gasteiger partial charge < -0.3 is 4.98 Å². The predicted octanol–water partition coefficient (Wildman–Crippen LogP) is 1.90. The highest BCUT2D eigenvalue weighted by Crippen LogP contribution is 2.24. The summed E-state index contributed by atoms with van der Waals surface area (Å²) in [5.74, 6) is -1.24. The number of H-pyrrole nitrogens is 1. The van der Waals surface area contributed by atoms with Gasteiger partial charge in [-0.05, 0) is 17.7 Å². The molecule has 0 fully saturated rings. The molecule has 0 aliphatic carbocycles. The predicted molar refractivity (Wildman–Crippen MR) is 67.3 cm³/mol. The summed E-state index contributed by atoms with van der Waals surface area (Å²) in [6.45, 7) is 0. The molecule has 2 heterocycles. The highest BCUT2D eigenvalue weighted by Gasteiger charge is 2.11. The van der Waals surface area contributed by atoms with Gasteiger partial charge in [0.25, 0.3) is 0 Å². The van der Waals surface area contributed by atoms with Crippen molar-refractivity contribution in [2.45, 2.75) is 0 Å². The Morgan fingerprint density at radius 1 is 1.05 bits per heavy atom. The summed E-state index contributed by atoms with van der Waals surface area (Å²) >= 11 is 0. The average Bonchev–Trinajstić information content (AvgIpc) is 2.95. The van der Waals surface area contributed by atoms with Crippen LogP contribution in [0.5, 0.6) is 0 Å². The Hall–Kier alpha value is -2.83. The highest BCUT2D eigenvalue weighted by molar-refractivity contribution is 5.65. The van der Waals surface area contributed by atoms with E-state index in [4.69, 9.17) is 0 Å².